The number of hydrogen-bond acceptors (Lipinski definition) is 4. The number of carbonyl (C=O) groups excluding carboxylic acids is 2. The zero-order valence-electron chi connectivity index (χ0n) is 22.8. The predicted molar refractivity (Wildman–Crippen MR) is 156 cm³/mol. The summed E-state index contributed by atoms with van der Waals surface area (Å²) in [5, 5.41) is 3.33. The maximum atomic E-state index is 14.0. The van der Waals surface area contributed by atoms with Gasteiger partial charge in [0.1, 0.15) is 12.6 Å². The Bertz CT molecular complexity index is 1360. The number of benzene rings is 3. The third-order valence-corrected chi connectivity index (χ3v) is 8.28. The summed E-state index contributed by atoms with van der Waals surface area (Å²) in [6.45, 7) is 7.85. The molecule has 3 rings (SSSR count). The first-order chi connectivity index (χ1) is 18.5. The molecule has 7 nitrogen and oxygen atoms in total. The lowest BCUT2D eigenvalue weighted by molar-refractivity contribution is -0.140. The fraction of sp³-hybridized carbons (Fsp3) is 0.333. The molecule has 1 atom stereocenters. The predicted octanol–water partition coefficient (Wildman–Crippen LogP) is 5.42. The van der Waals surface area contributed by atoms with E-state index in [4.69, 9.17) is 11.6 Å². The molecule has 0 heterocycles. The summed E-state index contributed by atoms with van der Waals surface area (Å²) in [7, 11) is -4.14. The van der Waals surface area contributed by atoms with Crippen LogP contribution in [0.5, 0.6) is 0 Å². The molecule has 1 N–H and O–H groups in total. The fourth-order valence-electron chi connectivity index (χ4n) is 4.17. The third-order valence-electron chi connectivity index (χ3n) is 6.24. The molecular formula is C30H36ClN3O4S. The minimum absolute atomic E-state index is 0.0116. The molecule has 3 aromatic rings. The van der Waals surface area contributed by atoms with Crippen molar-refractivity contribution in [1.82, 2.24) is 10.2 Å². The van der Waals surface area contributed by atoms with Crippen LogP contribution in [0.3, 0.4) is 0 Å². The van der Waals surface area contributed by atoms with E-state index in [1.54, 1.807) is 18.2 Å². The lowest BCUT2D eigenvalue weighted by Gasteiger charge is -2.33. The largest absolute Gasteiger partial charge is 0.354 e. The van der Waals surface area contributed by atoms with E-state index in [0.717, 1.165) is 15.4 Å². The number of anilines is 1. The Kier molecular flexibility index (Phi) is 10.5. The second-order valence-electron chi connectivity index (χ2n) is 9.87. The van der Waals surface area contributed by atoms with Crippen LogP contribution < -0.4 is 9.62 Å². The quantitative estimate of drug-likeness (QED) is 0.315. The maximum Gasteiger partial charge on any atom is 0.264 e. The van der Waals surface area contributed by atoms with Gasteiger partial charge in [0.2, 0.25) is 11.8 Å². The van der Waals surface area contributed by atoms with Crippen molar-refractivity contribution in [3.63, 3.8) is 0 Å². The minimum atomic E-state index is -4.14. The molecule has 9 heteroatoms. The number of halogens is 1. The van der Waals surface area contributed by atoms with Gasteiger partial charge in [-0.05, 0) is 66.8 Å². The fourth-order valence-corrected chi connectivity index (χ4v) is 5.70. The smallest absolute Gasteiger partial charge is 0.264 e. The Labute approximate surface area is 236 Å². The molecule has 3 aromatic carbocycles. The molecule has 0 aliphatic heterocycles. The van der Waals surface area contributed by atoms with Crippen molar-refractivity contribution >= 4 is 39.1 Å². The SMILES string of the molecule is CC[C@H](C(=O)NCC(C)C)N(Cc1ccccc1)C(=O)CN(c1cccc(C)c1)S(=O)(=O)c1ccc(Cl)cc1. The summed E-state index contributed by atoms with van der Waals surface area (Å²) in [6, 6.07) is 21.4. The summed E-state index contributed by atoms with van der Waals surface area (Å²) in [5.41, 5.74) is 2.04. The summed E-state index contributed by atoms with van der Waals surface area (Å²) in [5.74, 6) is -0.506. The van der Waals surface area contributed by atoms with Crippen LogP contribution in [0.4, 0.5) is 5.69 Å². The van der Waals surface area contributed by atoms with Crippen molar-refractivity contribution in [2.75, 3.05) is 17.4 Å². The lowest BCUT2D eigenvalue weighted by atomic mass is 10.1. The normalized spacial score (nSPS) is 12.2. The Hall–Kier alpha value is -3.36. The first-order valence-corrected chi connectivity index (χ1v) is 14.8. The molecule has 0 aliphatic rings. The van der Waals surface area contributed by atoms with Gasteiger partial charge in [-0.2, -0.15) is 0 Å². The van der Waals surface area contributed by atoms with E-state index in [9.17, 15) is 18.0 Å². The van der Waals surface area contributed by atoms with Gasteiger partial charge in [0.25, 0.3) is 10.0 Å². The van der Waals surface area contributed by atoms with Gasteiger partial charge in [0.05, 0.1) is 10.6 Å². The average Bonchev–Trinajstić information content (AvgIpc) is 2.91. The van der Waals surface area contributed by atoms with Gasteiger partial charge in [-0.3, -0.25) is 13.9 Å². The topological polar surface area (TPSA) is 86.8 Å². The van der Waals surface area contributed by atoms with E-state index in [-0.39, 0.29) is 23.3 Å². The summed E-state index contributed by atoms with van der Waals surface area (Å²) >= 11 is 6.00. The number of nitrogens with one attached hydrogen (secondary N) is 1. The van der Waals surface area contributed by atoms with Crippen LogP contribution in [-0.4, -0.2) is 44.3 Å². The van der Waals surface area contributed by atoms with Crippen LogP contribution in [0.25, 0.3) is 0 Å². The van der Waals surface area contributed by atoms with E-state index >= 15 is 0 Å². The van der Waals surface area contributed by atoms with Crippen LogP contribution in [0.1, 0.15) is 38.3 Å². The molecule has 208 valence electrons. The number of sulfonamides is 1. The van der Waals surface area contributed by atoms with Crippen molar-refractivity contribution in [1.29, 1.82) is 0 Å². The molecule has 39 heavy (non-hydrogen) atoms. The monoisotopic (exact) mass is 569 g/mol. The molecule has 0 saturated heterocycles. The van der Waals surface area contributed by atoms with Gasteiger partial charge in [-0.1, -0.05) is 74.8 Å². The van der Waals surface area contributed by atoms with E-state index < -0.39 is 28.5 Å². The first-order valence-electron chi connectivity index (χ1n) is 13.0. The molecule has 0 fully saturated rings. The maximum absolute atomic E-state index is 14.0. The highest BCUT2D eigenvalue weighted by Crippen LogP contribution is 2.26. The number of rotatable bonds is 12. The Morgan fingerprint density at radius 3 is 2.21 bits per heavy atom. The minimum Gasteiger partial charge on any atom is -0.354 e. The summed E-state index contributed by atoms with van der Waals surface area (Å²) in [4.78, 5) is 28.7. The van der Waals surface area contributed by atoms with Gasteiger partial charge >= 0.3 is 0 Å². The van der Waals surface area contributed by atoms with Gasteiger partial charge in [-0.25, -0.2) is 8.42 Å². The van der Waals surface area contributed by atoms with Gasteiger partial charge in [-0.15, -0.1) is 0 Å². The molecule has 0 saturated carbocycles. The van der Waals surface area contributed by atoms with Crippen LogP contribution in [0, 0.1) is 12.8 Å². The van der Waals surface area contributed by atoms with Crippen LogP contribution in [0.15, 0.2) is 83.8 Å². The number of nitrogens with zero attached hydrogens (tertiary/aromatic N) is 2. The highest BCUT2D eigenvalue weighted by atomic mass is 35.5. The second-order valence-corrected chi connectivity index (χ2v) is 12.2. The Morgan fingerprint density at radius 1 is 0.949 bits per heavy atom. The van der Waals surface area contributed by atoms with Crippen molar-refractivity contribution in [3.8, 4) is 0 Å². The third kappa shape index (κ3) is 8.07. The van der Waals surface area contributed by atoms with E-state index in [0.29, 0.717) is 23.7 Å². The van der Waals surface area contributed by atoms with E-state index in [1.165, 1.54) is 29.2 Å². The first kappa shape index (κ1) is 30.2. The summed E-state index contributed by atoms with van der Waals surface area (Å²) in [6.07, 6.45) is 0.372. The molecular weight excluding hydrogens is 534 g/mol. The molecule has 0 aromatic heterocycles. The molecule has 0 aliphatic carbocycles. The Morgan fingerprint density at radius 2 is 1.62 bits per heavy atom. The van der Waals surface area contributed by atoms with E-state index in [1.807, 2.05) is 64.1 Å². The van der Waals surface area contributed by atoms with E-state index in [2.05, 4.69) is 5.32 Å². The van der Waals surface area contributed by atoms with Gasteiger partial charge in [0.15, 0.2) is 0 Å². The molecule has 0 spiro atoms. The van der Waals surface area contributed by atoms with Gasteiger partial charge in [0, 0.05) is 18.1 Å². The average molecular weight is 570 g/mol. The number of amides is 2. The standard InChI is InChI=1S/C30H36ClN3O4S/c1-5-28(30(36)32-19-22(2)3)33(20-24-11-7-6-8-12-24)29(35)21-34(26-13-9-10-23(4)18-26)39(37,38)27-16-14-25(31)15-17-27/h6-18,22,28H,5,19-21H2,1-4H3,(H,32,36)/t28-/m1/s1. The molecule has 0 bridgehead atoms. The van der Waals surface area contributed by atoms with Crippen LogP contribution in [-0.2, 0) is 26.2 Å². The van der Waals surface area contributed by atoms with Crippen molar-refractivity contribution < 1.29 is 18.0 Å². The zero-order chi connectivity index (χ0) is 28.6. The molecule has 0 unspecified atom stereocenters. The van der Waals surface area contributed by atoms with Crippen LogP contribution in [0.2, 0.25) is 5.02 Å². The summed E-state index contributed by atoms with van der Waals surface area (Å²) < 4.78 is 28.8. The van der Waals surface area contributed by atoms with Crippen molar-refractivity contribution in [2.24, 2.45) is 5.92 Å². The Balaban J connectivity index is 2.03. The number of hydrogen-bond donors (Lipinski definition) is 1. The van der Waals surface area contributed by atoms with Crippen molar-refractivity contribution in [3.05, 3.63) is 95.0 Å². The van der Waals surface area contributed by atoms with Crippen LogP contribution >= 0.6 is 11.6 Å². The van der Waals surface area contributed by atoms with Crippen molar-refractivity contribution in [2.45, 2.75) is 51.6 Å². The lowest BCUT2D eigenvalue weighted by Crippen LogP contribution is -2.52. The molecule has 2 amide bonds. The number of carbonyl (C=O) groups is 2. The zero-order valence-corrected chi connectivity index (χ0v) is 24.4. The highest BCUT2D eigenvalue weighted by Gasteiger charge is 2.33. The second kappa shape index (κ2) is 13.6. The molecule has 0 radical (unpaired) electrons. The number of aryl methyl sites for hydroxylation is 1. The van der Waals surface area contributed by atoms with Gasteiger partial charge < -0.3 is 10.2 Å². The highest BCUT2D eigenvalue weighted by molar-refractivity contribution is 7.92.